The van der Waals surface area contributed by atoms with Gasteiger partial charge in [-0.1, -0.05) is 42.5 Å². The van der Waals surface area contributed by atoms with E-state index in [1.165, 1.54) is 33.4 Å². The van der Waals surface area contributed by atoms with Crippen molar-refractivity contribution in [2.45, 2.75) is 39.2 Å². The summed E-state index contributed by atoms with van der Waals surface area (Å²) < 4.78 is 10.8. The summed E-state index contributed by atoms with van der Waals surface area (Å²) in [6.45, 7) is 6.31. The first-order chi connectivity index (χ1) is 18.0. The number of nitrogens with one attached hydrogen (secondary N) is 1. The Labute approximate surface area is 223 Å². The van der Waals surface area contributed by atoms with Crippen LogP contribution in [0.2, 0.25) is 0 Å². The van der Waals surface area contributed by atoms with Crippen LogP contribution in [0.3, 0.4) is 0 Å². The second-order valence-corrected chi connectivity index (χ2v) is 11.0. The third kappa shape index (κ3) is 5.65. The fourth-order valence-corrected chi connectivity index (χ4v) is 6.44. The molecule has 1 fully saturated rings. The van der Waals surface area contributed by atoms with Crippen LogP contribution in [-0.2, 0) is 6.42 Å². The second kappa shape index (κ2) is 11.4. The van der Waals surface area contributed by atoms with Gasteiger partial charge in [-0.25, -0.2) is 0 Å². The third-order valence-corrected chi connectivity index (χ3v) is 8.63. The maximum atomic E-state index is 13.0. The molecule has 0 spiro atoms. The molecule has 0 bridgehead atoms. The van der Waals surface area contributed by atoms with Gasteiger partial charge in [0.2, 0.25) is 0 Å². The molecule has 192 valence electrons. The van der Waals surface area contributed by atoms with Crippen molar-refractivity contribution in [1.82, 2.24) is 4.90 Å². The molecule has 6 heteroatoms. The minimum absolute atomic E-state index is 0.0421. The Hall–Kier alpha value is -3.35. The Bertz CT molecular complexity index is 1300. The first-order valence-corrected chi connectivity index (χ1v) is 13.7. The van der Waals surface area contributed by atoms with Crippen molar-refractivity contribution in [2.75, 3.05) is 25.5 Å². The van der Waals surface area contributed by atoms with Gasteiger partial charge >= 0.3 is 0 Å². The van der Waals surface area contributed by atoms with Gasteiger partial charge < -0.3 is 14.5 Å². The normalized spacial score (nSPS) is 15.4. The van der Waals surface area contributed by atoms with E-state index < -0.39 is 0 Å². The molecule has 4 aromatic rings. The molecular weight excluding hydrogens is 480 g/mol. The molecule has 0 saturated carbocycles. The van der Waals surface area contributed by atoms with E-state index in [1.54, 1.807) is 30.6 Å². The molecule has 5 rings (SSSR count). The van der Waals surface area contributed by atoms with Crippen molar-refractivity contribution in [3.05, 3.63) is 106 Å². The largest absolute Gasteiger partial charge is 0.497 e. The summed E-state index contributed by atoms with van der Waals surface area (Å²) in [5, 5.41) is 4.05. The SMILES string of the molecule is COc1ccc([C@@H](c2c(NC(=O)c3ccco3)sc(C)c2C)N2CCC(Cc3ccccc3)CC2)cc1. The van der Waals surface area contributed by atoms with E-state index in [-0.39, 0.29) is 11.9 Å². The number of hydrogen-bond donors (Lipinski definition) is 1. The molecule has 2 aromatic heterocycles. The van der Waals surface area contributed by atoms with Crippen LogP contribution in [0, 0.1) is 19.8 Å². The zero-order valence-electron chi connectivity index (χ0n) is 21.7. The maximum Gasteiger partial charge on any atom is 0.291 e. The van der Waals surface area contributed by atoms with Gasteiger partial charge in [-0.05, 0) is 93.1 Å². The van der Waals surface area contributed by atoms with Crippen molar-refractivity contribution in [1.29, 1.82) is 0 Å². The molecule has 2 aromatic carbocycles. The van der Waals surface area contributed by atoms with Crippen LogP contribution in [0.25, 0.3) is 0 Å². The minimum atomic E-state index is -0.220. The lowest BCUT2D eigenvalue weighted by Gasteiger charge is -2.38. The van der Waals surface area contributed by atoms with Crippen LogP contribution >= 0.6 is 11.3 Å². The van der Waals surface area contributed by atoms with Gasteiger partial charge in [0.05, 0.1) is 19.4 Å². The Balaban J connectivity index is 1.44. The molecule has 0 unspecified atom stereocenters. The van der Waals surface area contributed by atoms with Crippen LogP contribution < -0.4 is 10.1 Å². The lowest BCUT2D eigenvalue weighted by atomic mass is 9.87. The quantitative estimate of drug-likeness (QED) is 0.269. The number of anilines is 1. The van der Waals surface area contributed by atoms with Gasteiger partial charge in [-0.2, -0.15) is 0 Å². The van der Waals surface area contributed by atoms with Crippen molar-refractivity contribution in [3.8, 4) is 5.75 Å². The number of thiophene rings is 1. The van der Waals surface area contributed by atoms with Crippen molar-refractivity contribution < 1.29 is 13.9 Å². The zero-order chi connectivity index (χ0) is 25.8. The monoisotopic (exact) mass is 514 g/mol. The fourth-order valence-electron chi connectivity index (χ4n) is 5.35. The van der Waals surface area contributed by atoms with E-state index in [4.69, 9.17) is 9.15 Å². The minimum Gasteiger partial charge on any atom is -0.497 e. The predicted molar refractivity (Wildman–Crippen MR) is 150 cm³/mol. The van der Waals surface area contributed by atoms with E-state index in [0.29, 0.717) is 11.7 Å². The Morgan fingerprint density at radius 3 is 2.43 bits per heavy atom. The average molecular weight is 515 g/mol. The summed E-state index contributed by atoms with van der Waals surface area (Å²) >= 11 is 1.64. The first-order valence-electron chi connectivity index (χ1n) is 12.9. The third-order valence-electron chi connectivity index (χ3n) is 7.49. The molecule has 37 heavy (non-hydrogen) atoms. The van der Waals surface area contributed by atoms with Gasteiger partial charge in [-0.3, -0.25) is 9.69 Å². The highest BCUT2D eigenvalue weighted by atomic mass is 32.1. The highest BCUT2D eigenvalue weighted by Gasteiger charge is 2.32. The van der Waals surface area contributed by atoms with Crippen LogP contribution in [-0.4, -0.2) is 31.0 Å². The summed E-state index contributed by atoms with van der Waals surface area (Å²) in [6.07, 6.45) is 4.96. The molecule has 1 atom stereocenters. The molecule has 1 aliphatic heterocycles. The lowest BCUT2D eigenvalue weighted by molar-refractivity contribution is 0.0996. The number of methoxy groups -OCH3 is 1. The van der Waals surface area contributed by atoms with E-state index in [9.17, 15) is 4.79 Å². The molecule has 3 heterocycles. The van der Waals surface area contributed by atoms with E-state index in [1.807, 2.05) is 12.1 Å². The fraction of sp³-hybridized carbons (Fsp3) is 0.323. The Morgan fingerprint density at radius 2 is 1.78 bits per heavy atom. The summed E-state index contributed by atoms with van der Waals surface area (Å²) in [5.41, 5.74) is 5.03. The van der Waals surface area contributed by atoms with Gasteiger partial charge in [-0.15, -0.1) is 11.3 Å². The predicted octanol–water partition coefficient (Wildman–Crippen LogP) is 7.26. The van der Waals surface area contributed by atoms with Gasteiger partial charge in [0.15, 0.2) is 5.76 Å². The number of amides is 1. The highest BCUT2D eigenvalue weighted by Crippen LogP contribution is 2.44. The molecule has 0 radical (unpaired) electrons. The van der Waals surface area contributed by atoms with E-state index in [2.05, 4.69) is 66.5 Å². The van der Waals surface area contributed by atoms with Crippen molar-refractivity contribution in [2.24, 2.45) is 5.92 Å². The molecule has 1 aliphatic rings. The van der Waals surface area contributed by atoms with Crippen LogP contribution in [0.4, 0.5) is 5.00 Å². The van der Waals surface area contributed by atoms with Crippen LogP contribution in [0.15, 0.2) is 77.4 Å². The number of hydrogen-bond acceptors (Lipinski definition) is 5. The summed E-state index contributed by atoms with van der Waals surface area (Å²) in [7, 11) is 1.69. The number of carbonyl (C=O) groups excluding carboxylic acids is 1. The molecule has 0 aliphatic carbocycles. The number of ether oxygens (including phenoxy) is 1. The van der Waals surface area contributed by atoms with Crippen LogP contribution in [0.1, 0.15) is 56.6 Å². The van der Waals surface area contributed by atoms with Gasteiger partial charge in [0.25, 0.3) is 5.91 Å². The number of furan rings is 1. The lowest BCUT2D eigenvalue weighted by Crippen LogP contribution is -2.38. The number of rotatable bonds is 8. The molecule has 1 amide bonds. The van der Waals surface area contributed by atoms with E-state index in [0.717, 1.165) is 43.1 Å². The second-order valence-electron chi connectivity index (χ2n) is 9.80. The average Bonchev–Trinajstić information content (AvgIpc) is 3.56. The number of benzene rings is 2. The molecule has 5 nitrogen and oxygen atoms in total. The topological polar surface area (TPSA) is 54.7 Å². The summed E-state index contributed by atoms with van der Waals surface area (Å²) in [4.78, 5) is 16.7. The zero-order valence-corrected chi connectivity index (χ0v) is 22.5. The smallest absolute Gasteiger partial charge is 0.291 e. The van der Waals surface area contributed by atoms with E-state index >= 15 is 0 Å². The molecule has 1 N–H and O–H groups in total. The van der Waals surface area contributed by atoms with Crippen molar-refractivity contribution >= 4 is 22.2 Å². The summed E-state index contributed by atoms with van der Waals surface area (Å²) in [6, 6.07) is 22.7. The standard InChI is InChI=1S/C31H34N2O3S/c1-21-22(2)37-31(32-30(34)27-10-7-19-36-27)28(21)29(25-11-13-26(35-3)14-12-25)33-17-15-24(16-18-33)20-23-8-5-4-6-9-23/h4-14,19,24,29H,15-18,20H2,1-3H3,(H,32,34)/t29-/m0/s1. The maximum absolute atomic E-state index is 13.0. The Morgan fingerprint density at radius 1 is 1.05 bits per heavy atom. The number of carbonyl (C=O) groups is 1. The number of nitrogens with zero attached hydrogens (tertiary/aromatic N) is 1. The van der Waals surface area contributed by atoms with Gasteiger partial charge in [0.1, 0.15) is 10.8 Å². The summed E-state index contributed by atoms with van der Waals surface area (Å²) in [5.74, 6) is 1.62. The number of likely N-dealkylation sites (tertiary alicyclic amines) is 1. The molecular formula is C31H34N2O3S. The number of aryl methyl sites for hydroxylation is 1. The molecule has 1 saturated heterocycles. The first kappa shape index (κ1) is 25.3. The highest BCUT2D eigenvalue weighted by molar-refractivity contribution is 7.16. The number of piperidine rings is 1. The van der Waals surface area contributed by atoms with Crippen LogP contribution in [0.5, 0.6) is 5.75 Å². The van der Waals surface area contributed by atoms with Crippen molar-refractivity contribution in [3.63, 3.8) is 0 Å². The Kier molecular flexibility index (Phi) is 7.77. The van der Waals surface area contributed by atoms with Gasteiger partial charge in [0, 0.05) is 10.4 Å².